The van der Waals surface area contributed by atoms with Crippen LogP contribution in [0.15, 0.2) is 42.7 Å². The summed E-state index contributed by atoms with van der Waals surface area (Å²) in [7, 11) is 0. The number of hydrogen-bond acceptors (Lipinski definition) is 6. The number of carbonyl (C=O) groups excluding carboxylic acids is 2. The summed E-state index contributed by atoms with van der Waals surface area (Å²) in [4.78, 5) is 33.7. The van der Waals surface area contributed by atoms with Gasteiger partial charge in [-0.05, 0) is 52.8 Å². The molecule has 0 radical (unpaired) electrons. The van der Waals surface area contributed by atoms with Crippen molar-refractivity contribution in [1.82, 2.24) is 9.88 Å². The summed E-state index contributed by atoms with van der Waals surface area (Å²) in [5, 5.41) is 2.93. The molecular weight excluding hydrogens is 432 g/mol. The van der Waals surface area contributed by atoms with E-state index in [1.807, 2.05) is 69.9 Å². The van der Waals surface area contributed by atoms with E-state index in [4.69, 9.17) is 9.47 Å². The molecule has 0 saturated carbocycles. The first-order valence-corrected chi connectivity index (χ1v) is 11.8. The highest BCUT2D eigenvalue weighted by molar-refractivity contribution is 6.04. The van der Waals surface area contributed by atoms with Crippen LogP contribution in [0.5, 0.6) is 5.75 Å². The summed E-state index contributed by atoms with van der Waals surface area (Å²) in [6.07, 6.45) is 3.19. The maximum atomic E-state index is 12.9. The molecule has 2 saturated heterocycles. The maximum absolute atomic E-state index is 12.9. The number of nitrogens with one attached hydrogen (secondary N) is 1. The predicted molar refractivity (Wildman–Crippen MR) is 131 cm³/mol. The summed E-state index contributed by atoms with van der Waals surface area (Å²) in [6, 6.07) is 9.24. The minimum atomic E-state index is -0.490. The van der Waals surface area contributed by atoms with Gasteiger partial charge in [0.2, 0.25) is 0 Å². The fraction of sp³-hybridized carbons (Fsp3) is 0.500. The van der Waals surface area contributed by atoms with E-state index in [1.165, 1.54) is 0 Å². The molecule has 0 aliphatic carbocycles. The lowest BCUT2D eigenvalue weighted by Gasteiger charge is -2.26. The number of pyridine rings is 1. The third-order valence-corrected chi connectivity index (χ3v) is 5.95. The molecular formula is C26H34N4O4. The fourth-order valence-electron chi connectivity index (χ4n) is 4.53. The summed E-state index contributed by atoms with van der Waals surface area (Å²) in [6.45, 7) is 12.6. The van der Waals surface area contributed by atoms with Gasteiger partial charge in [0.1, 0.15) is 11.4 Å². The van der Waals surface area contributed by atoms with Gasteiger partial charge >= 0.3 is 6.09 Å². The Bertz CT molecular complexity index is 1040. The minimum Gasteiger partial charge on any atom is -0.491 e. The lowest BCUT2D eigenvalue weighted by Crippen LogP contribution is -2.37. The van der Waals surface area contributed by atoms with Gasteiger partial charge in [-0.2, -0.15) is 0 Å². The van der Waals surface area contributed by atoms with Crippen molar-refractivity contribution in [2.75, 3.05) is 36.4 Å². The Morgan fingerprint density at radius 2 is 1.76 bits per heavy atom. The number of likely N-dealkylation sites (tertiary alicyclic amines) is 1. The van der Waals surface area contributed by atoms with Crippen LogP contribution in [0.25, 0.3) is 0 Å². The van der Waals surface area contributed by atoms with Crippen molar-refractivity contribution in [2.45, 2.75) is 46.3 Å². The Labute approximate surface area is 201 Å². The van der Waals surface area contributed by atoms with Gasteiger partial charge in [-0.3, -0.25) is 9.78 Å². The minimum absolute atomic E-state index is 0.0583. The fourth-order valence-corrected chi connectivity index (χ4v) is 4.53. The molecule has 0 unspecified atom stereocenters. The van der Waals surface area contributed by atoms with E-state index in [9.17, 15) is 9.59 Å². The van der Waals surface area contributed by atoms with Crippen molar-refractivity contribution in [1.29, 1.82) is 0 Å². The zero-order valence-corrected chi connectivity index (χ0v) is 20.6. The van der Waals surface area contributed by atoms with Crippen LogP contribution >= 0.6 is 0 Å². The molecule has 2 fully saturated rings. The van der Waals surface area contributed by atoms with Crippen molar-refractivity contribution in [3.05, 3.63) is 48.3 Å². The molecule has 2 aliphatic heterocycles. The second-order valence-electron chi connectivity index (χ2n) is 10.4. The van der Waals surface area contributed by atoms with Gasteiger partial charge in [0.25, 0.3) is 5.91 Å². The van der Waals surface area contributed by atoms with E-state index in [0.717, 1.165) is 18.8 Å². The third kappa shape index (κ3) is 5.79. The molecule has 1 N–H and O–H groups in total. The number of carbonyl (C=O) groups is 2. The van der Waals surface area contributed by atoms with Gasteiger partial charge in [0.05, 0.1) is 23.6 Å². The van der Waals surface area contributed by atoms with Crippen molar-refractivity contribution in [3.8, 4) is 5.75 Å². The first-order valence-electron chi connectivity index (χ1n) is 11.8. The van der Waals surface area contributed by atoms with E-state index in [2.05, 4.69) is 15.2 Å². The summed E-state index contributed by atoms with van der Waals surface area (Å²) < 4.78 is 11.2. The van der Waals surface area contributed by atoms with Crippen LogP contribution in [0.1, 0.15) is 45.0 Å². The number of hydrogen-bond donors (Lipinski definition) is 1. The van der Waals surface area contributed by atoms with Crippen molar-refractivity contribution in [3.63, 3.8) is 0 Å². The quantitative estimate of drug-likeness (QED) is 0.702. The van der Waals surface area contributed by atoms with E-state index < -0.39 is 5.60 Å². The second kappa shape index (κ2) is 9.52. The molecule has 2 amide bonds. The molecule has 1 aromatic heterocycles. The van der Waals surface area contributed by atoms with Gasteiger partial charge in [-0.25, -0.2) is 4.79 Å². The Kier molecular flexibility index (Phi) is 6.68. The number of aromatic nitrogens is 1. The highest BCUT2D eigenvalue weighted by atomic mass is 16.6. The standard InChI is InChI=1S/C26H34N4O4/c1-17(2)33-23-8-6-7-21(10-23)28-24(31)18-9-22(12-27-11-18)29-13-19-15-30(16-20(19)14-29)25(32)34-26(3,4)5/h6-12,17,19-20H,13-16H2,1-5H3,(H,28,31)/t19-,20+. The van der Waals surface area contributed by atoms with Gasteiger partial charge in [0.15, 0.2) is 0 Å². The lowest BCUT2D eigenvalue weighted by molar-refractivity contribution is 0.0282. The Morgan fingerprint density at radius 1 is 1.06 bits per heavy atom. The van der Waals surface area contributed by atoms with Crippen LogP contribution < -0.4 is 15.0 Å². The molecule has 34 heavy (non-hydrogen) atoms. The number of ether oxygens (including phenoxy) is 2. The van der Waals surface area contributed by atoms with Gasteiger partial charge in [-0.1, -0.05) is 6.07 Å². The SMILES string of the molecule is CC(C)Oc1cccc(NC(=O)c2cncc(N3C[C@H]4CN(C(=O)OC(C)(C)C)C[C@H]4C3)c2)c1. The van der Waals surface area contributed by atoms with Crippen molar-refractivity contribution in [2.24, 2.45) is 11.8 Å². The monoisotopic (exact) mass is 466 g/mol. The second-order valence-corrected chi connectivity index (χ2v) is 10.4. The molecule has 0 bridgehead atoms. The van der Waals surface area contributed by atoms with Gasteiger partial charge in [0, 0.05) is 56.0 Å². The molecule has 8 nitrogen and oxygen atoms in total. The van der Waals surface area contributed by atoms with E-state index in [1.54, 1.807) is 12.4 Å². The lowest BCUT2D eigenvalue weighted by atomic mass is 10.0. The van der Waals surface area contributed by atoms with Crippen molar-refractivity contribution >= 4 is 23.4 Å². The average molecular weight is 467 g/mol. The van der Waals surface area contributed by atoms with Crippen LogP contribution in [0.4, 0.5) is 16.2 Å². The molecule has 2 aliphatic rings. The summed E-state index contributed by atoms with van der Waals surface area (Å²) in [5.74, 6) is 1.26. The Balaban J connectivity index is 1.37. The predicted octanol–water partition coefficient (Wildman–Crippen LogP) is 4.42. The molecule has 2 aromatic rings. The number of amides is 2. The molecule has 1 aromatic carbocycles. The average Bonchev–Trinajstić information content (AvgIpc) is 3.32. The van der Waals surface area contributed by atoms with Crippen LogP contribution in [-0.2, 0) is 4.74 Å². The number of benzene rings is 1. The molecule has 4 rings (SSSR count). The largest absolute Gasteiger partial charge is 0.491 e. The first kappa shape index (κ1) is 23.9. The first-order chi connectivity index (χ1) is 16.1. The zero-order chi connectivity index (χ0) is 24.5. The molecule has 8 heteroatoms. The number of rotatable bonds is 5. The molecule has 0 spiro atoms. The smallest absolute Gasteiger partial charge is 0.410 e. The molecule has 2 atom stereocenters. The van der Waals surface area contributed by atoms with E-state index >= 15 is 0 Å². The summed E-state index contributed by atoms with van der Waals surface area (Å²) in [5.41, 5.74) is 1.60. The summed E-state index contributed by atoms with van der Waals surface area (Å²) >= 11 is 0. The van der Waals surface area contributed by atoms with E-state index in [0.29, 0.717) is 41.9 Å². The Hall–Kier alpha value is -3.29. The highest BCUT2D eigenvalue weighted by Gasteiger charge is 2.42. The Morgan fingerprint density at radius 3 is 2.41 bits per heavy atom. The van der Waals surface area contributed by atoms with E-state index in [-0.39, 0.29) is 18.1 Å². The van der Waals surface area contributed by atoms with Crippen LogP contribution in [-0.4, -0.2) is 59.8 Å². The number of fused-ring (bicyclic) bond motifs is 1. The van der Waals surface area contributed by atoms with Crippen molar-refractivity contribution < 1.29 is 19.1 Å². The molecule has 182 valence electrons. The zero-order valence-electron chi connectivity index (χ0n) is 20.6. The number of anilines is 2. The normalized spacial score (nSPS) is 19.8. The van der Waals surface area contributed by atoms with Crippen LogP contribution in [0.3, 0.4) is 0 Å². The highest BCUT2D eigenvalue weighted by Crippen LogP contribution is 2.34. The van der Waals surface area contributed by atoms with Gasteiger partial charge in [-0.15, -0.1) is 0 Å². The maximum Gasteiger partial charge on any atom is 0.410 e. The topological polar surface area (TPSA) is 84.0 Å². The van der Waals surface area contributed by atoms with Gasteiger partial charge < -0.3 is 24.6 Å². The molecule has 3 heterocycles. The number of nitrogens with zero attached hydrogens (tertiary/aromatic N) is 3. The van der Waals surface area contributed by atoms with Crippen LogP contribution in [0.2, 0.25) is 0 Å². The third-order valence-electron chi connectivity index (χ3n) is 5.95. The van der Waals surface area contributed by atoms with Crippen LogP contribution in [0, 0.1) is 11.8 Å².